The molecule has 0 spiro atoms. The molecule has 88 valence electrons. The molecule has 1 aromatic carbocycles. The number of nitrogens with one attached hydrogen (secondary N) is 2. The van der Waals surface area contributed by atoms with Crippen molar-refractivity contribution < 1.29 is 9.59 Å². The first-order valence-corrected chi connectivity index (χ1v) is 5.11. The monoisotopic (exact) mass is 231 g/mol. The molecule has 2 amide bonds. The highest BCUT2D eigenvalue weighted by molar-refractivity contribution is 5.97. The normalized spacial score (nSPS) is 11.1. The number of benzene rings is 1. The third-order valence-electron chi connectivity index (χ3n) is 2.24. The lowest BCUT2D eigenvalue weighted by molar-refractivity contribution is -0.122. The number of carbonyl (C=O) groups is 2. The number of amides is 2. The molecule has 0 aliphatic heterocycles. The first-order chi connectivity index (χ1) is 8.08. The fourth-order valence-electron chi connectivity index (χ4n) is 1.29. The molecule has 0 aliphatic rings. The standard InChI is InChI=1S/C12H13N3O2/c1-8(11(16)14-2)15-12(17)10-5-3-4-9(6-10)7-13/h3-6,8H,1-2H3,(H,14,16)(H,15,17). The number of nitrogens with zero attached hydrogens (tertiary/aromatic N) is 1. The quantitative estimate of drug-likeness (QED) is 0.791. The Hall–Kier alpha value is -2.35. The van der Waals surface area contributed by atoms with E-state index >= 15 is 0 Å². The minimum Gasteiger partial charge on any atom is -0.357 e. The van der Waals surface area contributed by atoms with Crippen LogP contribution in [0.1, 0.15) is 22.8 Å². The molecule has 5 nitrogen and oxygen atoms in total. The second-order valence-electron chi connectivity index (χ2n) is 3.50. The van der Waals surface area contributed by atoms with E-state index in [4.69, 9.17) is 5.26 Å². The summed E-state index contributed by atoms with van der Waals surface area (Å²) in [6, 6.07) is 7.64. The lowest BCUT2D eigenvalue weighted by atomic mass is 10.1. The zero-order chi connectivity index (χ0) is 12.8. The van der Waals surface area contributed by atoms with E-state index in [0.29, 0.717) is 11.1 Å². The Labute approximate surface area is 99.4 Å². The van der Waals surface area contributed by atoms with Gasteiger partial charge >= 0.3 is 0 Å². The molecular formula is C12H13N3O2. The van der Waals surface area contributed by atoms with Crippen LogP contribution in [0.25, 0.3) is 0 Å². The van der Waals surface area contributed by atoms with Crippen LogP contribution in [0.15, 0.2) is 24.3 Å². The molecule has 0 bridgehead atoms. The second kappa shape index (κ2) is 5.66. The molecule has 0 heterocycles. The fraction of sp³-hybridized carbons (Fsp3) is 0.250. The highest BCUT2D eigenvalue weighted by atomic mass is 16.2. The lowest BCUT2D eigenvalue weighted by Crippen LogP contribution is -2.43. The average molecular weight is 231 g/mol. The molecule has 1 rings (SSSR count). The molecular weight excluding hydrogens is 218 g/mol. The van der Waals surface area contributed by atoms with Crippen molar-refractivity contribution in [3.8, 4) is 6.07 Å². The first-order valence-electron chi connectivity index (χ1n) is 5.11. The zero-order valence-corrected chi connectivity index (χ0v) is 9.65. The predicted molar refractivity (Wildman–Crippen MR) is 62.2 cm³/mol. The van der Waals surface area contributed by atoms with Crippen LogP contribution in [-0.2, 0) is 4.79 Å². The summed E-state index contributed by atoms with van der Waals surface area (Å²) in [7, 11) is 1.50. The van der Waals surface area contributed by atoms with Gasteiger partial charge in [-0.2, -0.15) is 5.26 Å². The first kappa shape index (κ1) is 12.7. The third-order valence-corrected chi connectivity index (χ3v) is 2.24. The van der Waals surface area contributed by atoms with Crippen LogP contribution in [0.2, 0.25) is 0 Å². The summed E-state index contributed by atoms with van der Waals surface area (Å²) < 4.78 is 0. The van der Waals surface area contributed by atoms with Crippen LogP contribution < -0.4 is 10.6 Å². The Bertz CT molecular complexity index is 477. The summed E-state index contributed by atoms with van der Waals surface area (Å²) in [5.74, 6) is -0.645. The van der Waals surface area contributed by atoms with Crippen LogP contribution in [0.4, 0.5) is 0 Å². The molecule has 2 N–H and O–H groups in total. The SMILES string of the molecule is CNC(=O)C(C)NC(=O)c1cccc(C#N)c1. The summed E-state index contributed by atoms with van der Waals surface area (Å²) >= 11 is 0. The smallest absolute Gasteiger partial charge is 0.251 e. The van der Waals surface area contributed by atoms with Gasteiger partial charge in [0.25, 0.3) is 5.91 Å². The van der Waals surface area contributed by atoms with E-state index in [2.05, 4.69) is 10.6 Å². The number of rotatable bonds is 3. The van der Waals surface area contributed by atoms with Crippen LogP contribution in [0.5, 0.6) is 0 Å². The number of hydrogen-bond donors (Lipinski definition) is 2. The van der Waals surface area contributed by atoms with Crippen molar-refractivity contribution in [2.75, 3.05) is 7.05 Å². The third kappa shape index (κ3) is 3.31. The summed E-state index contributed by atoms with van der Waals surface area (Å²) in [6.45, 7) is 1.59. The van der Waals surface area contributed by atoms with Crippen molar-refractivity contribution in [1.29, 1.82) is 5.26 Å². The van der Waals surface area contributed by atoms with Gasteiger partial charge in [-0.15, -0.1) is 0 Å². The molecule has 17 heavy (non-hydrogen) atoms. The number of likely N-dealkylation sites (N-methyl/N-ethyl adjacent to an activating group) is 1. The van der Waals surface area contributed by atoms with Crippen molar-refractivity contribution in [2.24, 2.45) is 0 Å². The molecule has 0 fully saturated rings. The van der Waals surface area contributed by atoms with E-state index in [1.165, 1.54) is 13.1 Å². The molecule has 1 unspecified atom stereocenters. The van der Waals surface area contributed by atoms with E-state index in [9.17, 15) is 9.59 Å². The number of nitriles is 1. The summed E-state index contributed by atoms with van der Waals surface area (Å²) in [6.07, 6.45) is 0. The summed E-state index contributed by atoms with van der Waals surface area (Å²) in [5.41, 5.74) is 0.769. The number of carbonyl (C=O) groups excluding carboxylic acids is 2. The summed E-state index contributed by atoms with van der Waals surface area (Å²) in [4.78, 5) is 23.0. The van der Waals surface area contributed by atoms with Crippen molar-refractivity contribution >= 4 is 11.8 Å². The van der Waals surface area contributed by atoms with E-state index in [1.807, 2.05) is 6.07 Å². The van der Waals surface area contributed by atoms with E-state index in [1.54, 1.807) is 25.1 Å². The van der Waals surface area contributed by atoms with Gasteiger partial charge in [0.1, 0.15) is 6.04 Å². The maximum Gasteiger partial charge on any atom is 0.251 e. The van der Waals surface area contributed by atoms with Gasteiger partial charge in [-0.05, 0) is 25.1 Å². The van der Waals surface area contributed by atoms with Gasteiger partial charge in [-0.3, -0.25) is 9.59 Å². The van der Waals surface area contributed by atoms with Crippen molar-refractivity contribution in [2.45, 2.75) is 13.0 Å². The Morgan fingerprint density at radius 2 is 2.12 bits per heavy atom. The average Bonchev–Trinajstić information content (AvgIpc) is 2.37. The van der Waals surface area contributed by atoms with Gasteiger partial charge in [0.15, 0.2) is 0 Å². The molecule has 1 atom stereocenters. The maximum absolute atomic E-state index is 11.7. The Morgan fingerprint density at radius 1 is 1.41 bits per heavy atom. The van der Waals surface area contributed by atoms with Crippen molar-refractivity contribution in [1.82, 2.24) is 10.6 Å². The Kier molecular flexibility index (Phi) is 4.23. The molecule has 5 heteroatoms. The van der Waals surface area contributed by atoms with Gasteiger partial charge in [0, 0.05) is 12.6 Å². The lowest BCUT2D eigenvalue weighted by Gasteiger charge is -2.12. The van der Waals surface area contributed by atoms with Crippen molar-refractivity contribution in [3.63, 3.8) is 0 Å². The summed E-state index contributed by atoms with van der Waals surface area (Å²) in [5, 5.41) is 13.7. The molecule has 0 saturated heterocycles. The van der Waals surface area contributed by atoms with Crippen molar-refractivity contribution in [3.05, 3.63) is 35.4 Å². The molecule has 1 aromatic rings. The minimum absolute atomic E-state index is 0.269. The molecule has 0 aliphatic carbocycles. The molecule has 0 radical (unpaired) electrons. The van der Waals surface area contributed by atoms with Crippen LogP contribution >= 0.6 is 0 Å². The Morgan fingerprint density at radius 3 is 2.71 bits per heavy atom. The fourth-order valence-corrected chi connectivity index (χ4v) is 1.29. The van der Waals surface area contributed by atoms with Crippen LogP contribution in [0.3, 0.4) is 0 Å². The Balaban J connectivity index is 2.77. The van der Waals surface area contributed by atoms with Gasteiger partial charge in [-0.25, -0.2) is 0 Å². The zero-order valence-electron chi connectivity index (χ0n) is 9.65. The maximum atomic E-state index is 11.7. The van der Waals surface area contributed by atoms with Crippen LogP contribution in [0, 0.1) is 11.3 Å². The van der Waals surface area contributed by atoms with Gasteiger partial charge in [-0.1, -0.05) is 6.07 Å². The highest BCUT2D eigenvalue weighted by Gasteiger charge is 2.15. The van der Waals surface area contributed by atoms with Crippen LogP contribution in [-0.4, -0.2) is 24.9 Å². The minimum atomic E-state index is -0.613. The second-order valence-corrected chi connectivity index (χ2v) is 3.50. The highest BCUT2D eigenvalue weighted by Crippen LogP contribution is 2.04. The van der Waals surface area contributed by atoms with E-state index in [0.717, 1.165) is 0 Å². The van der Waals surface area contributed by atoms with E-state index in [-0.39, 0.29) is 11.8 Å². The molecule has 0 saturated carbocycles. The predicted octanol–water partition coefficient (Wildman–Crippen LogP) is 0.423. The van der Waals surface area contributed by atoms with Gasteiger partial charge in [0.05, 0.1) is 11.6 Å². The molecule has 0 aromatic heterocycles. The number of hydrogen-bond acceptors (Lipinski definition) is 3. The van der Waals surface area contributed by atoms with Gasteiger partial charge < -0.3 is 10.6 Å². The van der Waals surface area contributed by atoms with Gasteiger partial charge in [0.2, 0.25) is 5.91 Å². The topological polar surface area (TPSA) is 82.0 Å². The van der Waals surface area contributed by atoms with E-state index < -0.39 is 6.04 Å². The largest absolute Gasteiger partial charge is 0.357 e.